The number of nitrogens with zero attached hydrogens (tertiary/aromatic N) is 3. The molecule has 0 aliphatic carbocycles. The van der Waals surface area contributed by atoms with Crippen LogP contribution in [0.15, 0.2) is 12.3 Å². The highest BCUT2D eigenvalue weighted by molar-refractivity contribution is 5.69. The maximum atomic E-state index is 11.2. The Labute approximate surface area is 118 Å². The largest absolute Gasteiger partial charge is 0.466 e. The van der Waals surface area contributed by atoms with E-state index in [9.17, 15) is 4.79 Å². The van der Waals surface area contributed by atoms with Crippen molar-refractivity contribution in [2.24, 2.45) is 0 Å². The molecule has 1 N–H and O–H groups in total. The van der Waals surface area contributed by atoms with Crippen molar-refractivity contribution < 1.29 is 9.53 Å². The average Bonchev–Trinajstić information content (AvgIpc) is 2.78. The van der Waals surface area contributed by atoms with Crippen LogP contribution < -0.4 is 5.32 Å². The number of aromatic nitrogens is 3. The van der Waals surface area contributed by atoms with Crippen LogP contribution in [0.25, 0.3) is 5.78 Å². The summed E-state index contributed by atoms with van der Waals surface area (Å²) >= 11 is 0. The van der Waals surface area contributed by atoms with Gasteiger partial charge in [0.15, 0.2) is 0 Å². The van der Waals surface area contributed by atoms with E-state index < -0.39 is 0 Å². The van der Waals surface area contributed by atoms with Crippen LogP contribution in [0, 0.1) is 13.8 Å². The molecule has 6 nitrogen and oxygen atoms in total. The monoisotopic (exact) mass is 276 g/mol. The number of aryl methyl sites for hydroxylation is 2. The van der Waals surface area contributed by atoms with E-state index in [0.717, 1.165) is 17.1 Å². The van der Waals surface area contributed by atoms with Gasteiger partial charge in [0.1, 0.15) is 0 Å². The van der Waals surface area contributed by atoms with Crippen molar-refractivity contribution in [1.82, 2.24) is 19.7 Å². The molecule has 2 heterocycles. The molecule has 0 saturated heterocycles. The predicted molar refractivity (Wildman–Crippen MR) is 75.4 cm³/mol. The predicted octanol–water partition coefficient (Wildman–Crippen LogP) is 1.39. The number of imidazole rings is 1. The van der Waals surface area contributed by atoms with Gasteiger partial charge in [0.05, 0.1) is 18.7 Å². The summed E-state index contributed by atoms with van der Waals surface area (Å²) in [4.78, 5) is 20.0. The summed E-state index contributed by atoms with van der Waals surface area (Å²) in [6, 6.07) is 2.02. The van der Waals surface area contributed by atoms with E-state index in [0.29, 0.717) is 31.9 Å². The van der Waals surface area contributed by atoms with Crippen LogP contribution in [0.2, 0.25) is 0 Å². The first-order chi connectivity index (χ1) is 9.60. The molecule has 0 unspecified atom stereocenters. The Morgan fingerprint density at radius 2 is 2.20 bits per heavy atom. The number of nitrogens with one attached hydrogen (secondary N) is 1. The molecule has 6 heteroatoms. The molecule has 0 fully saturated rings. The van der Waals surface area contributed by atoms with Crippen LogP contribution in [0.4, 0.5) is 0 Å². The number of carbonyl (C=O) groups is 1. The second-order valence-electron chi connectivity index (χ2n) is 4.67. The fourth-order valence-corrected chi connectivity index (χ4v) is 2.04. The summed E-state index contributed by atoms with van der Waals surface area (Å²) < 4.78 is 6.83. The Morgan fingerprint density at radius 3 is 2.95 bits per heavy atom. The van der Waals surface area contributed by atoms with Crippen LogP contribution in [0.3, 0.4) is 0 Å². The lowest BCUT2D eigenvalue weighted by molar-refractivity contribution is -0.142. The van der Waals surface area contributed by atoms with Gasteiger partial charge in [-0.05, 0) is 26.8 Å². The van der Waals surface area contributed by atoms with Crippen LogP contribution in [-0.4, -0.2) is 33.5 Å². The number of hydrogen-bond acceptors (Lipinski definition) is 5. The molecule has 2 rings (SSSR count). The van der Waals surface area contributed by atoms with E-state index in [1.165, 1.54) is 0 Å². The minimum Gasteiger partial charge on any atom is -0.466 e. The Kier molecular flexibility index (Phi) is 4.68. The van der Waals surface area contributed by atoms with Gasteiger partial charge in [-0.1, -0.05) is 0 Å². The summed E-state index contributed by atoms with van der Waals surface area (Å²) in [5.41, 5.74) is 2.98. The summed E-state index contributed by atoms with van der Waals surface area (Å²) in [7, 11) is 0. The lowest BCUT2D eigenvalue weighted by Crippen LogP contribution is -2.19. The third-order valence-corrected chi connectivity index (χ3v) is 2.93. The van der Waals surface area contributed by atoms with E-state index in [4.69, 9.17) is 4.74 Å². The number of hydrogen-bond donors (Lipinski definition) is 1. The van der Waals surface area contributed by atoms with Gasteiger partial charge in [0.25, 0.3) is 0 Å². The fourth-order valence-electron chi connectivity index (χ4n) is 2.04. The zero-order chi connectivity index (χ0) is 14.5. The minimum atomic E-state index is -0.178. The highest BCUT2D eigenvalue weighted by Gasteiger charge is 2.06. The third-order valence-electron chi connectivity index (χ3n) is 2.93. The summed E-state index contributed by atoms with van der Waals surface area (Å²) in [5.74, 6) is 0.535. The molecule has 0 bridgehead atoms. The number of ether oxygens (including phenoxy) is 1. The topological polar surface area (TPSA) is 68.5 Å². The Morgan fingerprint density at radius 1 is 1.40 bits per heavy atom. The summed E-state index contributed by atoms with van der Waals surface area (Å²) in [5, 5.41) is 3.18. The molecule has 0 atom stereocenters. The number of esters is 1. The molecule has 108 valence electrons. The second-order valence-corrected chi connectivity index (χ2v) is 4.67. The second kappa shape index (κ2) is 6.47. The smallest absolute Gasteiger partial charge is 0.307 e. The van der Waals surface area contributed by atoms with Crippen LogP contribution in [0.5, 0.6) is 0 Å². The Bertz CT molecular complexity index is 606. The van der Waals surface area contributed by atoms with Gasteiger partial charge < -0.3 is 10.1 Å². The number of fused-ring (bicyclic) bond motifs is 1. The first-order valence-electron chi connectivity index (χ1n) is 6.78. The Balaban J connectivity index is 1.91. The maximum absolute atomic E-state index is 11.2. The third kappa shape index (κ3) is 3.54. The zero-order valence-corrected chi connectivity index (χ0v) is 12.1. The van der Waals surface area contributed by atoms with Gasteiger partial charge in [-0.15, -0.1) is 0 Å². The van der Waals surface area contributed by atoms with E-state index >= 15 is 0 Å². The highest BCUT2D eigenvalue weighted by Crippen LogP contribution is 2.08. The van der Waals surface area contributed by atoms with Gasteiger partial charge >= 0.3 is 5.97 Å². The van der Waals surface area contributed by atoms with E-state index in [1.807, 2.05) is 30.5 Å². The standard InChI is InChI=1S/C14H20N4O2/c1-4-20-13(19)5-6-15-8-12-9-18-11(3)7-10(2)16-14(18)17-12/h7,9,15H,4-6,8H2,1-3H3. The molecule has 20 heavy (non-hydrogen) atoms. The van der Waals surface area contributed by atoms with Gasteiger partial charge in [-0.25, -0.2) is 9.97 Å². The summed E-state index contributed by atoms with van der Waals surface area (Å²) in [6.07, 6.45) is 2.34. The first-order valence-corrected chi connectivity index (χ1v) is 6.78. The van der Waals surface area contributed by atoms with Crippen molar-refractivity contribution in [3.05, 3.63) is 29.3 Å². The minimum absolute atomic E-state index is 0.178. The molecule has 0 aliphatic rings. The SMILES string of the molecule is CCOC(=O)CCNCc1cn2c(C)cc(C)nc2n1. The van der Waals surface area contributed by atoms with Gasteiger partial charge in [-0.3, -0.25) is 9.20 Å². The molecule has 0 aliphatic heterocycles. The van der Waals surface area contributed by atoms with Crippen LogP contribution in [0.1, 0.15) is 30.4 Å². The van der Waals surface area contributed by atoms with Crippen molar-refractivity contribution in [3.63, 3.8) is 0 Å². The van der Waals surface area contributed by atoms with E-state index in [2.05, 4.69) is 15.3 Å². The lowest BCUT2D eigenvalue weighted by Gasteiger charge is -2.02. The van der Waals surface area contributed by atoms with Crippen molar-refractivity contribution in [1.29, 1.82) is 0 Å². The molecule has 2 aromatic rings. The number of carbonyl (C=O) groups excluding carboxylic acids is 1. The molecule has 0 saturated carbocycles. The van der Waals surface area contributed by atoms with Crippen molar-refractivity contribution >= 4 is 11.7 Å². The quantitative estimate of drug-likeness (QED) is 0.638. The first kappa shape index (κ1) is 14.5. The molecule has 0 amide bonds. The Hall–Kier alpha value is -1.95. The average molecular weight is 276 g/mol. The van der Waals surface area contributed by atoms with Crippen molar-refractivity contribution in [2.45, 2.75) is 33.7 Å². The maximum Gasteiger partial charge on any atom is 0.307 e. The van der Waals surface area contributed by atoms with E-state index in [-0.39, 0.29) is 5.97 Å². The molecular weight excluding hydrogens is 256 g/mol. The normalized spacial score (nSPS) is 10.9. The zero-order valence-electron chi connectivity index (χ0n) is 12.1. The van der Waals surface area contributed by atoms with Crippen LogP contribution >= 0.6 is 0 Å². The van der Waals surface area contributed by atoms with E-state index in [1.54, 1.807) is 6.92 Å². The molecule has 0 radical (unpaired) electrons. The summed E-state index contributed by atoms with van der Waals surface area (Å²) in [6.45, 7) is 7.41. The highest BCUT2D eigenvalue weighted by atomic mass is 16.5. The van der Waals surface area contributed by atoms with Gasteiger partial charge in [0, 0.05) is 30.7 Å². The molecule has 0 aromatic carbocycles. The molecule has 2 aromatic heterocycles. The number of rotatable bonds is 6. The molecular formula is C14H20N4O2. The van der Waals surface area contributed by atoms with Crippen molar-refractivity contribution in [2.75, 3.05) is 13.2 Å². The fraction of sp³-hybridized carbons (Fsp3) is 0.500. The van der Waals surface area contributed by atoms with Crippen molar-refractivity contribution in [3.8, 4) is 0 Å². The molecule has 0 spiro atoms. The van der Waals surface area contributed by atoms with Gasteiger partial charge in [0.2, 0.25) is 5.78 Å². The lowest BCUT2D eigenvalue weighted by atomic mass is 10.3. The van der Waals surface area contributed by atoms with Crippen LogP contribution in [-0.2, 0) is 16.1 Å². The van der Waals surface area contributed by atoms with Gasteiger partial charge in [-0.2, -0.15) is 0 Å².